The molecule has 0 spiro atoms. The second-order valence-electron chi connectivity index (χ2n) is 5.06. The Labute approximate surface area is 154 Å². The van der Waals surface area contributed by atoms with Crippen LogP contribution in [0.5, 0.6) is 11.5 Å². The summed E-state index contributed by atoms with van der Waals surface area (Å²) in [6.45, 7) is 0. The Morgan fingerprint density at radius 3 is 2.72 bits per heavy atom. The largest absolute Gasteiger partial charge is 0.504 e. The number of phenols is 1. The van der Waals surface area contributed by atoms with E-state index in [1.807, 2.05) is 29.6 Å². The summed E-state index contributed by atoms with van der Waals surface area (Å²) in [5.74, 6) is 0.435. The van der Waals surface area contributed by atoms with Crippen LogP contribution in [-0.2, 0) is 0 Å². The van der Waals surface area contributed by atoms with Crippen LogP contribution in [0, 0.1) is 0 Å². The number of methoxy groups -OCH3 is 1. The summed E-state index contributed by atoms with van der Waals surface area (Å²) in [7, 11) is 3.21. The van der Waals surface area contributed by atoms with Crippen molar-refractivity contribution >= 4 is 29.2 Å². The van der Waals surface area contributed by atoms with Crippen molar-refractivity contribution < 1.29 is 9.84 Å². The number of aromatic nitrogens is 1. The molecule has 3 rings (SSSR count). The minimum Gasteiger partial charge on any atom is -0.504 e. The molecule has 0 radical (unpaired) electrons. The Morgan fingerprint density at radius 2 is 2.00 bits per heavy atom. The number of hydrogen-bond donors (Lipinski definition) is 1. The maximum Gasteiger partial charge on any atom is 0.205 e. The third-order valence-corrected chi connectivity index (χ3v) is 4.83. The third-order valence-electron chi connectivity index (χ3n) is 3.59. The highest BCUT2D eigenvalue weighted by Gasteiger charge is 2.11. The number of phenolic OH excluding ortho intramolecular Hbond substituents is 1. The van der Waals surface area contributed by atoms with Crippen LogP contribution in [0.4, 0.5) is 0 Å². The van der Waals surface area contributed by atoms with Crippen LogP contribution in [0.25, 0.3) is 11.3 Å². The molecule has 1 N–H and O–H groups in total. The first-order chi connectivity index (χ1) is 12.2. The molecule has 0 saturated heterocycles. The minimum absolute atomic E-state index is 0.0406. The minimum atomic E-state index is 0.0406. The van der Waals surface area contributed by atoms with E-state index in [-0.39, 0.29) is 5.75 Å². The first kappa shape index (κ1) is 17.3. The zero-order valence-corrected chi connectivity index (χ0v) is 15.3. The van der Waals surface area contributed by atoms with Gasteiger partial charge in [-0.2, -0.15) is 5.10 Å². The highest BCUT2D eigenvalue weighted by Crippen LogP contribution is 2.29. The summed E-state index contributed by atoms with van der Waals surface area (Å²) in [4.78, 5) is 4.97. The van der Waals surface area contributed by atoms with Gasteiger partial charge < -0.3 is 9.84 Å². The van der Waals surface area contributed by atoms with Crippen LogP contribution >= 0.6 is 22.9 Å². The number of aromatic hydroxyl groups is 1. The molecule has 1 aromatic heterocycles. The second kappa shape index (κ2) is 7.55. The predicted octanol–water partition coefficient (Wildman–Crippen LogP) is 4.00. The maximum absolute atomic E-state index is 10.2. The Hall–Kier alpha value is -2.57. The summed E-state index contributed by atoms with van der Waals surface area (Å²) >= 11 is 7.78. The molecule has 128 valence electrons. The number of thiazole rings is 1. The first-order valence-electron chi connectivity index (χ1n) is 7.44. The lowest BCUT2D eigenvalue weighted by atomic mass is 10.2. The summed E-state index contributed by atoms with van der Waals surface area (Å²) < 4.78 is 6.82. The van der Waals surface area contributed by atoms with Gasteiger partial charge in [0.1, 0.15) is 0 Å². The molecule has 2 aromatic carbocycles. The molecule has 0 bridgehead atoms. The lowest BCUT2D eigenvalue weighted by Gasteiger charge is -2.07. The van der Waals surface area contributed by atoms with Crippen LogP contribution in [0.3, 0.4) is 0 Å². The standard InChI is InChI=1S/C18H16ClN3O2S/c1-20-18-22(15(11-25-18)13-7-3-4-8-14(13)19)21-10-12-6-5-9-16(24-2)17(12)23/h3-11,23H,1-2H3/b20-18?,21-10+. The normalized spacial score (nSPS) is 12.0. The number of halogens is 1. The van der Waals surface area contributed by atoms with Gasteiger partial charge in [0.2, 0.25) is 4.80 Å². The zero-order valence-electron chi connectivity index (χ0n) is 13.7. The second-order valence-corrected chi connectivity index (χ2v) is 6.31. The van der Waals surface area contributed by atoms with Crippen LogP contribution in [0.15, 0.2) is 57.9 Å². The fraction of sp³-hybridized carbons (Fsp3) is 0.111. The van der Waals surface area contributed by atoms with E-state index in [4.69, 9.17) is 16.3 Å². The molecular formula is C18H16ClN3O2S. The zero-order chi connectivity index (χ0) is 17.8. The van der Waals surface area contributed by atoms with E-state index in [0.29, 0.717) is 21.1 Å². The number of hydrogen-bond acceptors (Lipinski definition) is 5. The highest BCUT2D eigenvalue weighted by molar-refractivity contribution is 7.07. The molecule has 7 heteroatoms. The van der Waals surface area contributed by atoms with E-state index in [1.165, 1.54) is 18.4 Å². The van der Waals surface area contributed by atoms with E-state index >= 15 is 0 Å². The first-order valence-corrected chi connectivity index (χ1v) is 8.70. The van der Waals surface area contributed by atoms with Crippen molar-refractivity contribution in [3.05, 3.63) is 63.2 Å². The van der Waals surface area contributed by atoms with E-state index in [2.05, 4.69) is 10.1 Å². The third kappa shape index (κ3) is 3.45. The number of ether oxygens (including phenoxy) is 1. The van der Waals surface area contributed by atoms with Crippen molar-refractivity contribution in [2.24, 2.45) is 10.1 Å². The molecule has 0 fully saturated rings. The monoisotopic (exact) mass is 373 g/mol. The Balaban J connectivity index is 2.10. The molecule has 5 nitrogen and oxygen atoms in total. The van der Waals surface area contributed by atoms with Crippen molar-refractivity contribution in [2.75, 3.05) is 14.2 Å². The summed E-state index contributed by atoms with van der Waals surface area (Å²) in [5.41, 5.74) is 2.24. The Kier molecular flexibility index (Phi) is 5.21. The molecule has 0 aliphatic heterocycles. The van der Waals surface area contributed by atoms with Gasteiger partial charge in [0, 0.05) is 28.6 Å². The molecule has 0 atom stereocenters. The predicted molar refractivity (Wildman–Crippen MR) is 102 cm³/mol. The molecular weight excluding hydrogens is 358 g/mol. The van der Waals surface area contributed by atoms with Crippen LogP contribution < -0.4 is 9.54 Å². The Morgan fingerprint density at radius 1 is 1.20 bits per heavy atom. The van der Waals surface area contributed by atoms with Gasteiger partial charge >= 0.3 is 0 Å². The van der Waals surface area contributed by atoms with Gasteiger partial charge in [-0.1, -0.05) is 35.9 Å². The lowest BCUT2D eigenvalue weighted by molar-refractivity contribution is 0.373. The van der Waals surface area contributed by atoms with Crippen molar-refractivity contribution in [2.45, 2.75) is 0 Å². The fourth-order valence-electron chi connectivity index (χ4n) is 2.35. The highest BCUT2D eigenvalue weighted by atomic mass is 35.5. The lowest BCUT2D eigenvalue weighted by Crippen LogP contribution is -2.11. The average molecular weight is 374 g/mol. The number of rotatable bonds is 4. The van der Waals surface area contributed by atoms with Gasteiger partial charge in [-0.15, -0.1) is 11.3 Å². The molecule has 1 heterocycles. The van der Waals surface area contributed by atoms with E-state index in [1.54, 1.807) is 36.1 Å². The van der Waals surface area contributed by atoms with Crippen molar-refractivity contribution in [3.8, 4) is 22.8 Å². The summed E-state index contributed by atoms with van der Waals surface area (Å²) in [5, 5.41) is 17.3. The van der Waals surface area contributed by atoms with Crippen molar-refractivity contribution in [3.63, 3.8) is 0 Å². The maximum atomic E-state index is 10.2. The molecule has 25 heavy (non-hydrogen) atoms. The van der Waals surface area contributed by atoms with Crippen LogP contribution in [0.1, 0.15) is 5.56 Å². The van der Waals surface area contributed by atoms with Gasteiger partial charge in [0.25, 0.3) is 0 Å². The molecule has 0 saturated carbocycles. The molecule has 0 aliphatic rings. The molecule has 0 aliphatic carbocycles. The number of benzene rings is 2. The van der Waals surface area contributed by atoms with Crippen LogP contribution in [-0.4, -0.2) is 30.2 Å². The number of para-hydroxylation sites is 1. The van der Waals surface area contributed by atoms with Crippen LogP contribution in [0.2, 0.25) is 5.02 Å². The SMILES string of the molecule is CN=c1scc(-c2ccccc2Cl)n1/N=C/c1cccc(OC)c1O. The van der Waals surface area contributed by atoms with E-state index in [0.717, 1.165) is 11.3 Å². The Bertz CT molecular complexity index is 992. The van der Waals surface area contributed by atoms with Gasteiger partial charge in [0.05, 0.1) is 19.0 Å². The van der Waals surface area contributed by atoms with Gasteiger partial charge in [0.15, 0.2) is 11.5 Å². The smallest absolute Gasteiger partial charge is 0.205 e. The topological polar surface area (TPSA) is 59.1 Å². The van der Waals surface area contributed by atoms with Gasteiger partial charge in [-0.05, 0) is 18.2 Å². The quantitative estimate of drug-likeness (QED) is 0.703. The summed E-state index contributed by atoms with van der Waals surface area (Å²) in [6, 6.07) is 12.8. The average Bonchev–Trinajstić information content (AvgIpc) is 3.04. The summed E-state index contributed by atoms with van der Waals surface area (Å²) in [6.07, 6.45) is 1.57. The number of nitrogens with zero attached hydrogens (tertiary/aromatic N) is 3. The fourth-order valence-corrected chi connectivity index (χ4v) is 3.37. The van der Waals surface area contributed by atoms with Gasteiger partial charge in [-0.3, -0.25) is 4.99 Å². The molecule has 3 aromatic rings. The molecule has 0 amide bonds. The molecule has 0 unspecified atom stereocenters. The van der Waals surface area contributed by atoms with E-state index < -0.39 is 0 Å². The van der Waals surface area contributed by atoms with Gasteiger partial charge in [-0.25, -0.2) is 4.68 Å². The van der Waals surface area contributed by atoms with Crippen molar-refractivity contribution in [1.82, 2.24) is 4.68 Å². The van der Waals surface area contributed by atoms with Crippen molar-refractivity contribution in [1.29, 1.82) is 0 Å². The van der Waals surface area contributed by atoms with E-state index in [9.17, 15) is 5.11 Å².